The third-order valence-electron chi connectivity index (χ3n) is 5.19. The molecular weight excluding hydrogens is 405 g/mol. The highest BCUT2D eigenvalue weighted by Gasteiger charge is 2.26. The van der Waals surface area contributed by atoms with Gasteiger partial charge in [-0.3, -0.25) is 9.59 Å². The van der Waals surface area contributed by atoms with Crippen molar-refractivity contribution in [3.8, 4) is 0 Å². The van der Waals surface area contributed by atoms with Gasteiger partial charge in [0, 0.05) is 19.6 Å². The Kier molecular flexibility index (Phi) is 7.31. The Hall–Kier alpha value is -2.61. The van der Waals surface area contributed by atoms with E-state index in [1.807, 2.05) is 19.9 Å². The number of carbonyl (C=O) groups is 2. The Morgan fingerprint density at radius 2 is 2.03 bits per heavy atom. The Balaban J connectivity index is 1.77. The summed E-state index contributed by atoms with van der Waals surface area (Å²) in [6.45, 7) is 5.37. The van der Waals surface area contributed by atoms with Gasteiger partial charge in [-0.2, -0.15) is 0 Å². The number of nitrogens with one attached hydrogen (secondary N) is 1. The zero-order chi connectivity index (χ0) is 21.7. The van der Waals surface area contributed by atoms with E-state index < -0.39 is 5.97 Å². The van der Waals surface area contributed by atoms with Crippen molar-refractivity contribution in [2.24, 2.45) is 5.92 Å². The number of thioether (sulfide) groups is 1. The van der Waals surface area contributed by atoms with E-state index in [1.54, 1.807) is 12.1 Å². The zero-order valence-corrected chi connectivity index (χ0v) is 18.0. The fraction of sp³-hybridized carbons (Fsp3) is 0.409. The third-order valence-corrected chi connectivity index (χ3v) is 6.05. The SMILES string of the molecule is CCSc1nc(N2CCC(C(=O)O)CC2)cc(C)c1C(=O)NCc1cccc(F)c1. The summed E-state index contributed by atoms with van der Waals surface area (Å²) in [5.41, 5.74) is 2.03. The van der Waals surface area contributed by atoms with Crippen molar-refractivity contribution < 1.29 is 19.1 Å². The lowest BCUT2D eigenvalue weighted by Gasteiger charge is -2.31. The number of nitrogens with zero attached hydrogens (tertiary/aromatic N) is 2. The Morgan fingerprint density at radius 1 is 1.30 bits per heavy atom. The number of anilines is 1. The van der Waals surface area contributed by atoms with Crippen LogP contribution in [0.3, 0.4) is 0 Å². The predicted molar refractivity (Wildman–Crippen MR) is 116 cm³/mol. The van der Waals surface area contributed by atoms with E-state index in [9.17, 15) is 19.1 Å². The zero-order valence-electron chi connectivity index (χ0n) is 17.2. The maximum absolute atomic E-state index is 13.4. The summed E-state index contributed by atoms with van der Waals surface area (Å²) in [4.78, 5) is 30.9. The largest absolute Gasteiger partial charge is 0.481 e. The van der Waals surface area contributed by atoms with Gasteiger partial charge in [0.1, 0.15) is 16.7 Å². The summed E-state index contributed by atoms with van der Waals surface area (Å²) in [7, 11) is 0. The minimum Gasteiger partial charge on any atom is -0.481 e. The first-order valence-corrected chi connectivity index (χ1v) is 11.0. The molecule has 0 aliphatic carbocycles. The van der Waals surface area contributed by atoms with E-state index in [4.69, 9.17) is 4.98 Å². The summed E-state index contributed by atoms with van der Waals surface area (Å²) < 4.78 is 13.4. The van der Waals surface area contributed by atoms with E-state index in [1.165, 1.54) is 23.9 Å². The molecule has 1 aliphatic heterocycles. The minimum absolute atomic E-state index is 0.233. The number of hydrogen-bond donors (Lipinski definition) is 2. The molecule has 0 radical (unpaired) electrons. The molecule has 0 atom stereocenters. The van der Waals surface area contributed by atoms with Crippen LogP contribution in [-0.4, -0.2) is 40.8 Å². The molecule has 2 aromatic rings. The molecule has 3 rings (SSSR count). The van der Waals surface area contributed by atoms with E-state index in [0.717, 1.165) is 17.1 Å². The highest BCUT2D eigenvalue weighted by atomic mass is 32.2. The number of hydrogen-bond acceptors (Lipinski definition) is 5. The van der Waals surface area contributed by atoms with Crippen LogP contribution in [0.4, 0.5) is 10.2 Å². The van der Waals surface area contributed by atoms with Gasteiger partial charge in [-0.25, -0.2) is 9.37 Å². The van der Waals surface area contributed by atoms with Crippen LogP contribution in [-0.2, 0) is 11.3 Å². The molecule has 1 saturated heterocycles. The maximum atomic E-state index is 13.4. The first kappa shape index (κ1) is 22.1. The van der Waals surface area contributed by atoms with Crippen molar-refractivity contribution in [3.63, 3.8) is 0 Å². The number of halogens is 1. The molecule has 2 heterocycles. The van der Waals surface area contributed by atoms with Crippen LogP contribution < -0.4 is 10.2 Å². The second kappa shape index (κ2) is 9.93. The average Bonchev–Trinajstić information content (AvgIpc) is 2.72. The number of rotatable bonds is 7. The fourth-order valence-electron chi connectivity index (χ4n) is 3.58. The summed E-state index contributed by atoms with van der Waals surface area (Å²) in [6, 6.07) is 8.03. The lowest BCUT2D eigenvalue weighted by molar-refractivity contribution is -0.142. The van der Waals surface area contributed by atoms with Crippen molar-refractivity contribution in [2.75, 3.05) is 23.7 Å². The average molecular weight is 432 g/mol. The minimum atomic E-state index is -0.744. The summed E-state index contributed by atoms with van der Waals surface area (Å²) in [6.07, 6.45) is 1.17. The smallest absolute Gasteiger partial charge is 0.306 e. The second-order valence-corrected chi connectivity index (χ2v) is 8.58. The number of carboxylic acid groups (broad SMARTS) is 1. The Morgan fingerprint density at radius 3 is 2.67 bits per heavy atom. The van der Waals surface area contributed by atoms with Crippen LogP contribution in [0, 0.1) is 18.7 Å². The summed E-state index contributed by atoms with van der Waals surface area (Å²) in [5.74, 6) is -0.0876. The molecular formula is C22H26FN3O3S. The standard InChI is InChI=1S/C22H26FN3O3S/c1-3-30-21-19(20(27)24-13-15-5-4-6-17(23)12-15)14(2)11-18(25-21)26-9-7-16(8-10-26)22(28)29/h4-6,11-12,16H,3,7-10,13H2,1-2H3,(H,24,27)(H,28,29). The van der Waals surface area contributed by atoms with Gasteiger partial charge in [-0.05, 0) is 54.8 Å². The number of aromatic nitrogens is 1. The van der Waals surface area contributed by atoms with Crippen LogP contribution in [0.2, 0.25) is 0 Å². The number of pyridine rings is 1. The maximum Gasteiger partial charge on any atom is 0.306 e. The third kappa shape index (κ3) is 5.30. The molecule has 1 aromatic carbocycles. The molecule has 1 amide bonds. The number of carboxylic acids is 1. The lowest BCUT2D eigenvalue weighted by Crippen LogP contribution is -2.37. The number of carbonyl (C=O) groups excluding carboxylic acids is 1. The Labute approximate surface area is 179 Å². The van der Waals surface area contributed by atoms with Gasteiger partial charge in [0.05, 0.1) is 11.5 Å². The predicted octanol–water partition coefficient (Wildman–Crippen LogP) is 3.87. The van der Waals surface area contributed by atoms with Crippen LogP contribution >= 0.6 is 11.8 Å². The quantitative estimate of drug-likeness (QED) is 0.648. The fourth-order valence-corrected chi connectivity index (χ4v) is 4.41. The number of aryl methyl sites for hydroxylation is 1. The summed E-state index contributed by atoms with van der Waals surface area (Å²) >= 11 is 1.50. The van der Waals surface area contributed by atoms with E-state index >= 15 is 0 Å². The van der Waals surface area contributed by atoms with Gasteiger partial charge in [-0.15, -0.1) is 11.8 Å². The van der Waals surface area contributed by atoms with Gasteiger partial charge in [-0.1, -0.05) is 19.1 Å². The molecule has 0 unspecified atom stereocenters. The molecule has 160 valence electrons. The molecule has 2 N–H and O–H groups in total. The van der Waals surface area contributed by atoms with Crippen molar-refractivity contribution in [2.45, 2.75) is 38.3 Å². The van der Waals surface area contributed by atoms with Gasteiger partial charge in [0.15, 0.2) is 0 Å². The van der Waals surface area contributed by atoms with Crippen molar-refractivity contribution in [1.82, 2.24) is 10.3 Å². The number of aliphatic carboxylic acids is 1. The molecule has 6 nitrogen and oxygen atoms in total. The van der Waals surface area contributed by atoms with Gasteiger partial charge >= 0.3 is 5.97 Å². The summed E-state index contributed by atoms with van der Waals surface area (Å²) in [5, 5.41) is 12.7. The van der Waals surface area contributed by atoms with Crippen molar-refractivity contribution >= 4 is 29.5 Å². The van der Waals surface area contributed by atoms with Crippen LogP contribution in [0.15, 0.2) is 35.4 Å². The molecule has 1 aromatic heterocycles. The first-order chi connectivity index (χ1) is 14.4. The molecule has 8 heteroatoms. The Bertz CT molecular complexity index is 930. The highest BCUT2D eigenvalue weighted by molar-refractivity contribution is 7.99. The van der Waals surface area contributed by atoms with Gasteiger partial charge in [0.25, 0.3) is 5.91 Å². The van der Waals surface area contributed by atoms with E-state index in [2.05, 4.69) is 10.2 Å². The van der Waals surface area contributed by atoms with Crippen molar-refractivity contribution in [3.05, 3.63) is 52.8 Å². The van der Waals surface area contributed by atoms with Gasteiger partial charge < -0.3 is 15.3 Å². The number of benzene rings is 1. The van der Waals surface area contributed by atoms with E-state index in [-0.39, 0.29) is 24.2 Å². The monoisotopic (exact) mass is 431 g/mol. The second-order valence-electron chi connectivity index (χ2n) is 7.32. The van der Waals surface area contributed by atoms with Crippen molar-refractivity contribution in [1.29, 1.82) is 0 Å². The molecule has 0 saturated carbocycles. The van der Waals surface area contributed by atoms with E-state index in [0.29, 0.717) is 42.1 Å². The lowest BCUT2D eigenvalue weighted by atomic mass is 9.97. The molecule has 30 heavy (non-hydrogen) atoms. The molecule has 1 fully saturated rings. The normalized spacial score (nSPS) is 14.6. The molecule has 0 bridgehead atoms. The van der Waals surface area contributed by atoms with Crippen LogP contribution in [0.25, 0.3) is 0 Å². The molecule has 0 spiro atoms. The van der Waals surface area contributed by atoms with Crippen LogP contribution in [0.1, 0.15) is 41.3 Å². The number of piperidine rings is 1. The number of amides is 1. The van der Waals surface area contributed by atoms with Gasteiger partial charge in [0.2, 0.25) is 0 Å². The molecule has 1 aliphatic rings. The topological polar surface area (TPSA) is 82.5 Å². The highest BCUT2D eigenvalue weighted by Crippen LogP contribution is 2.29. The van der Waals surface area contributed by atoms with Crippen LogP contribution in [0.5, 0.6) is 0 Å². The first-order valence-electron chi connectivity index (χ1n) is 10.0.